The summed E-state index contributed by atoms with van der Waals surface area (Å²) in [4.78, 5) is 10.7. The molecule has 1 rings (SSSR count). The molecule has 1 atom stereocenters. The number of hydrogen-bond acceptors (Lipinski definition) is 3. The molecule has 0 bridgehead atoms. The number of aliphatic hydroxyl groups is 1. The van der Waals surface area contributed by atoms with Crippen LogP contribution in [0.2, 0.25) is 0 Å². The lowest BCUT2D eigenvalue weighted by molar-refractivity contribution is -0.129. The second-order valence-electron chi connectivity index (χ2n) is 1.93. The first-order chi connectivity index (χ1) is 4.22. The maximum atomic E-state index is 10.7. The lowest BCUT2D eigenvalue weighted by atomic mass is 10.2. The van der Waals surface area contributed by atoms with Crippen molar-refractivity contribution in [3.8, 4) is 0 Å². The minimum atomic E-state index is -0.477. The third kappa shape index (κ3) is 1.10. The molecule has 50 valence electrons. The van der Waals surface area contributed by atoms with Gasteiger partial charge in [0.15, 0.2) is 5.76 Å². The second kappa shape index (κ2) is 2.19. The van der Waals surface area contributed by atoms with Crippen LogP contribution >= 0.6 is 0 Å². The summed E-state index contributed by atoms with van der Waals surface area (Å²) in [5, 5.41) is 8.78. The van der Waals surface area contributed by atoms with E-state index in [1.165, 1.54) is 6.08 Å². The first kappa shape index (κ1) is 6.29. The molecular weight excluding hydrogens is 120 g/mol. The summed E-state index contributed by atoms with van der Waals surface area (Å²) < 4.78 is 4.87. The van der Waals surface area contributed by atoms with E-state index in [1.807, 2.05) is 0 Å². The topological polar surface area (TPSA) is 46.5 Å². The van der Waals surface area contributed by atoms with Crippen molar-refractivity contribution in [1.29, 1.82) is 0 Å². The van der Waals surface area contributed by atoms with E-state index >= 15 is 0 Å². The van der Waals surface area contributed by atoms with E-state index in [1.54, 1.807) is 6.92 Å². The third-order valence-corrected chi connectivity index (χ3v) is 1.24. The summed E-state index contributed by atoms with van der Waals surface area (Å²) in [5.41, 5.74) is 0. The van der Waals surface area contributed by atoms with E-state index in [4.69, 9.17) is 9.84 Å². The van der Waals surface area contributed by atoms with Crippen LogP contribution < -0.4 is 0 Å². The first-order valence-corrected chi connectivity index (χ1v) is 2.77. The van der Waals surface area contributed by atoms with Crippen molar-refractivity contribution in [2.75, 3.05) is 6.61 Å². The van der Waals surface area contributed by atoms with Crippen molar-refractivity contribution in [3.05, 3.63) is 11.8 Å². The van der Waals surface area contributed by atoms with Crippen molar-refractivity contribution < 1.29 is 14.6 Å². The number of ketones is 1. The Morgan fingerprint density at radius 3 is 3.00 bits per heavy atom. The fourth-order valence-corrected chi connectivity index (χ4v) is 0.656. The van der Waals surface area contributed by atoms with Gasteiger partial charge in [0.1, 0.15) is 6.10 Å². The van der Waals surface area contributed by atoms with Gasteiger partial charge in [-0.15, -0.1) is 0 Å². The van der Waals surface area contributed by atoms with Crippen molar-refractivity contribution in [2.24, 2.45) is 0 Å². The molecule has 0 saturated heterocycles. The quantitative estimate of drug-likeness (QED) is 0.514. The molecular formula is C6H8O3. The average Bonchev–Trinajstić information content (AvgIpc) is 1.83. The summed E-state index contributed by atoms with van der Waals surface area (Å²) >= 11 is 0. The van der Waals surface area contributed by atoms with Gasteiger partial charge in [-0.1, -0.05) is 0 Å². The van der Waals surface area contributed by atoms with Crippen LogP contribution in [-0.4, -0.2) is 23.6 Å². The third-order valence-electron chi connectivity index (χ3n) is 1.24. The zero-order valence-corrected chi connectivity index (χ0v) is 5.13. The Morgan fingerprint density at radius 1 is 1.89 bits per heavy atom. The number of hydrogen-bond donors (Lipinski definition) is 1. The van der Waals surface area contributed by atoms with Crippen LogP contribution in [0.25, 0.3) is 0 Å². The smallest absolute Gasteiger partial charge is 0.225 e. The van der Waals surface area contributed by atoms with Gasteiger partial charge in [0.25, 0.3) is 0 Å². The molecule has 0 radical (unpaired) electrons. The minimum Gasteiger partial charge on any atom is -0.504 e. The molecule has 1 unspecified atom stereocenters. The molecule has 0 aliphatic carbocycles. The molecule has 3 nitrogen and oxygen atoms in total. The average molecular weight is 128 g/mol. The van der Waals surface area contributed by atoms with Gasteiger partial charge < -0.3 is 9.84 Å². The lowest BCUT2D eigenvalue weighted by Crippen LogP contribution is -2.26. The van der Waals surface area contributed by atoms with E-state index in [2.05, 4.69) is 0 Å². The van der Waals surface area contributed by atoms with Gasteiger partial charge in [-0.2, -0.15) is 0 Å². The number of Topliss-reactive ketones (excluding diaryl/α,β-unsaturated/α-hetero) is 1. The zero-order valence-electron chi connectivity index (χ0n) is 5.13. The maximum absolute atomic E-state index is 10.7. The predicted octanol–water partition coefficient (Wildman–Crippen LogP) is 0.416. The van der Waals surface area contributed by atoms with Crippen LogP contribution in [0.5, 0.6) is 0 Å². The van der Waals surface area contributed by atoms with E-state index in [0.717, 1.165) is 0 Å². The van der Waals surface area contributed by atoms with E-state index in [0.29, 0.717) is 6.61 Å². The zero-order chi connectivity index (χ0) is 6.85. The minimum absolute atomic E-state index is 0.172. The monoisotopic (exact) mass is 128 g/mol. The normalized spacial score (nSPS) is 27.9. The van der Waals surface area contributed by atoms with Gasteiger partial charge in [-0.3, -0.25) is 4.79 Å². The molecule has 0 spiro atoms. The van der Waals surface area contributed by atoms with Gasteiger partial charge >= 0.3 is 0 Å². The molecule has 9 heavy (non-hydrogen) atoms. The van der Waals surface area contributed by atoms with Gasteiger partial charge in [0.2, 0.25) is 5.78 Å². The number of carbonyl (C=O) groups excluding carboxylic acids is 1. The number of carbonyl (C=O) groups is 1. The highest BCUT2D eigenvalue weighted by Gasteiger charge is 2.20. The van der Waals surface area contributed by atoms with Crippen molar-refractivity contribution in [1.82, 2.24) is 0 Å². The number of aliphatic hydroxyl groups excluding tert-OH is 1. The van der Waals surface area contributed by atoms with Crippen LogP contribution in [0.4, 0.5) is 0 Å². The number of rotatable bonds is 0. The van der Waals surface area contributed by atoms with Crippen LogP contribution in [0.15, 0.2) is 11.8 Å². The highest BCUT2D eigenvalue weighted by atomic mass is 16.5. The summed E-state index contributed by atoms with van der Waals surface area (Å²) in [6.45, 7) is 1.95. The van der Waals surface area contributed by atoms with Crippen LogP contribution in [-0.2, 0) is 9.53 Å². The second-order valence-corrected chi connectivity index (χ2v) is 1.93. The molecule has 0 saturated carbocycles. The van der Waals surface area contributed by atoms with Crippen molar-refractivity contribution in [2.45, 2.75) is 13.0 Å². The Bertz CT molecular complexity index is 160. The summed E-state index contributed by atoms with van der Waals surface area (Å²) in [6, 6.07) is 0. The van der Waals surface area contributed by atoms with Crippen molar-refractivity contribution in [3.63, 3.8) is 0 Å². The highest BCUT2D eigenvalue weighted by molar-refractivity contribution is 5.96. The summed E-state index contributed by atoms with van der Waals surface area (Å²) in [7, 11) is 0. The maximum Gasteiger partial charge on any atom is 0.225 e. The van der Waals surface area contributed by atoms with Crippen LogP contribution in [0, 0.1) is 0 Å². The van der Waals surface area contributed by atoms with E-state index in [-0.39, 0.29) is 11.5 Å². The molecule has 0 fully saturated rings. The Kier molecular flexibility index (Phi) is 1.53. The van der Waals surface area contributed by atoms with Gasteiger partial charge in [0.05, 0.1) is 6.61 Å². The van der Waals surface area contributed by atoms with Crippen LogP contribution in [0.1, 0.15) is 6.92 Å². The largest absolute Gasteiger partial charge is 0.504 e. The van der Waals surface area contributed by atoms with Gasteiger partial charge in [-0.25, -0.2) is 0 Å². The summed E-state index contributed by atoms with van der Waals surface area (Å²) in [6.07, 6.45) is 0.887. The predicted molar refractivity (Wildman–Crippen MR) is 31.1 cm³/mol. The molecule has 1 N–H and O–H groups in total. The van der Waals surface area contributed by atoms with E-state index < -0.39 is 6.10 Å². The SMILES string of the molecule is CC1OCC=C(O)C1=O. The Balaban J connectivity index is 2.74. The highest BCUT2D eigenvalue weighted by Crippen LogP contribution is 2.06. The molecule has 0 amide bonds. The fourth-order valence-electron chi connectivity index (χ4n) is 0.656. The molecule has 0 aromatic carbocycles. The van der Waals surface area contributed by atoms with Crippen LogP contribution in [0.3, 0.4) is 0 Å². The van der Waals surface area contributed by atoms with Crippen molar-refractivity contribution >= 4 is 5.78 Å². The Labute approximate surface area is 52.9 Å². The Hall–Kier alpha value is -0.830. The molecule has 0 aromatic heterocycles. The van der Waals surface area contributed by atoms with Gasteiger partial charge in [0, 0.05) is 0 Å². The standard InChI is InChI=1S/C6H8O3/c1-4-6(8)5(7)2-3-9-4/h2,4,7H,3H2,1H3. The molecule has 1 aliphatic rings. The molecule has 0 aromatic rings. The van der Waals surface area contributed by atoms with Gasteiger partial charge in [-0.05, 0) is 13.0 Å². The lowest BCUT2D eigenvalue weighted by Gasteiger charge is -2.14. The Morgan fingerprint density at radius 2 is 2.56 bits per heavy atom. The summed E-state index contributed by atoms with van der Waals surface area (Å²) in [5.74, 6) is -0.505. The molecule has 1 heterocycles. The number of ether oxygens (including phenoxy) is 1. The first-order valence-electron chi connectivity index (χ1n) is 2.77. The molecule has 1 aliphatic heterocycles. The van der Waals surface area contributed by atoms with E-state index in [9.17, 15) is 4.79 Å². The molecule has 3 heteroatoms. The fraction of sp³-hybridized carbons (Fsp3) is 0.500.